The number of rotatable bonds is 5. The molecule has 0 aromatic carbocycles. The molecule has 0 saturated heterocycles. The predicted octanol–water partition coefficient (Wildman–Crippen LogP) is 0.753. The van der Waals surface area contributed by atoms with Crippen LogP contribution in [0, 0.1) is 0 Å². The van der Waals surface area contributed by atoms with E-state index in [0.29, 0.717) is 5.25 Å². The zero-order valence-corrected chi connectivity index (χ0v) is 7.83. The molecule has 0 rings (SSSR count). The first-order valence-corrected chi connectivity index (χ1v) is 5.12. The van der Waals surface area contributed by atoms with E-state index < -0.39 is 10.8 Å². The molecule has 3 heteroatoms. The molecule has 0 aromatic heterocycles. The van der Waals surface area contributed by atoms with Crippen LogP contribution in [0.1, 0.15) is 20.3 Å². The molecule has 0 spiro atoms. The second-order valence-electron chi connectivity index (χ2n) is 2.41. The van der Waals surface area contributed by atoms with Crippen LogP contribution in [-0.2, 0) is 10.8 Å². The van der Waals surface area contributed by atoms with E-state index in [2.05, 4.69) is 12.2 Å². The molecule has 0 radical (unpaired) electrons. The highest BCUT2D eigenvalue weighted by atomic mass is 32.2. The summed E-state index contributed by atoms with van der Waals surface area (Å²) < 4.78 is 11.2. The largest absolute Gasteiger partial charge is 0.319 e. The molecule has 2 atom stereocenters. The highest BCUT2D eigenvalue weighted by Crippen LogP contribution is 1.99. The molecule has 0 bridgehead atoms. The molecule has 0 heterocycles. The monoisotopic (exact) mass is 163 g/mol. The van der Waals surface area contributed by atoms with Gasteiger partial charge in [-0.05, 0) is 13.5 Å². The summed E-state index contributed by atoms with van der Waals surface area (Å²) in [5.74, 6) is 0.783. The van der Waals surface area contributed by atoms with Crippen LogP contribution in [0.3, 0.4) is 0 Å². The van der Waals surface area contributed by atoms with Crippen molar-refractivity contribution in [1.29, 1.82) is 0 Å². The van der Waals surface area contributed by atoms with Crippen LogP contribution in [0.2, 0.25) is 0 Å². The first-order chi connectivity index (χ1) is 4.72. The van der Waals surface area contributed by atoms with Crippen LogP contribution in [0.5, 0.6) is 0 Å². The summed E-state index contributed by atoms with van der Waals surface area (Å²) in [6.45, 7) is 4.96. The molecule has 0 saturated carbocycles. The maximum atomic E-state index is 11.2. The summed E-state index contributed by atoms with van der Waals surface area (Å²) in [7, 11) is 1.26. The van der Waals surface area contributed by atoms with Crippen LogP contribution < -0.4 is 5.32 Å². The fourth-order valence-corrected chi connectivity index (χ4v) is 1.77. The van der Waals surface area contributed by atoms with Crippen molar-refractivity contribution in [2.45, 2.75) is 25.5 Å². The van der Waals surface area contributed by atoms with Crippen LogP contribution in [-0.4, -0.2) is 28.8 Å². The van der Waals surface area contributed by atoms with Gasteiger partial charge < -0.3 is 5.32 Å². The minimum atomic E-state index is -0.627. The Bertz CT molecular complexity index is 106. The third-order valence-electron chi connectivity index (χ3n) is 1.58. The topological polar surface area (TPSA) is 29.1 Å². The average Bonchev–Trinajstić information content (AvgIpc) is 1.98. The molecular formula is C7H17NOS. The van der Waals surface area contributed by atoms with Crippen molar-refractivity contribution in [1.82, 2.24) is 5.32 Å². The fraction of sp³-hybridized carbons (Fsp3) is 1.00. The van der Waals surface area contributed by atoms with Crippen molar-refractivity contribution >= 4 is 10.8 Å². The molecule has 0 aliphatic carbocycles. The lowest BCUT2D eigenvalue weighted by atomic mass is 10.4. The van der Waals surface area contributed by atoms with Crippen molar-refractivity contribution in [3.63, 3.8) is 0 Å². The van der Waals surface area contributed by atoms with Crippen LogP contribution in [0.4, 0.5) is 0 Å². The lowest BCUT2D eigenvalue weighted by molar-refractivity contribution is 0.667. The van der Waals surface area contributed by atoms with E-state index in [1.807, 2.05) is 14.0 Å². The van der Waals surface area contributed by atoms with Crippen molar-refractivity contribution in [3.05, 3.63) is 0 Å². The lowest BCUT2D eigenvalue weighted by Crippen LogP contribution is -2.21. The molecule has 10 heavy (non-hydrogen) atoms. The third-order valence-corrected chi connectivity index (χ3v) is 3.41. The van der Waals surface area contributed by atoms with Crippen molar-refractivity contribution < 1.29 is 4.21 Å². The molecule has 2 unspecified atom stereocenters. The van der Waals surface area contributed by atoms with E-state index in [9.17, 15) is 4.21 Å². The normalized spacial score (nSPS) is 16.7. The molecule has 0 aliphatic rings. The summed E-state index contributed by atoms with van der Waals surface area (Å²) in [6, 6.07) is 0. The zero-order chi connectivity index (χ0) is 7.98. The van der Waals surface area contributed by atoms with Gasteiger partial charge in [0.25, 0.3) is 0 Å². The van der Waals surface area contributed by atoms with Crippen molar-refractivity contribution in [3.8, 4) is 0 Å². The second kappa shape index (κ2) is 5.86. The summed E-state index contributed by atoms with van der Waals surface area (Å²) in [4.78, 5) is 0. The maximum Gasteiger partial charge on any atom is 0.0362 e. The molecule has 0 amide bonds. The van der Waals surface area contributed by atoms with Gasteiger partial charge >= 0.3 is 0 Å². The Morgan fingerprint density at radius 1 is 1.60 bits per heavy atom. The summed E-state index contributed by atoms with van der Waals surface area (Å²) in [6.07, 6.45) is 1.01. The van der Waals surface area contributed by atoms with Gasteiger partial charge in [-0.1, -0.05) is 13.8 Å². The zero-order valence-electron chi connectivity index (χ0n) is 7.02. The molecule has 1 N–H and O–H groups in total. The Labute approximate surface area is 65.9 Å². The Hall–Kier alpha value is 0.110. The van der Waals surface area contributed by atoms with Crippen LogP contribution in [0.15, 0.2) is 0 Å². The minimum absolute atomic E-state index is 0.355. The number of nitrogens with one attached hydrogen (secondary N) is 1. The molecule has 62 valence electrons. The van der Waals surface area contributed by atoms with Gasteiger partial charge in [-0.15, -0.1) is 0 Å². The lowest BCUT2D eigenvalue weighted by Gasteiger charge is -2.07. The van der Waals surface area contributed by atoms with E-state index in [0.717, 1.165) is 18.7 Å². The van der Waals surface area contributed by atoms with Crippen LogP contribution in [0.25, 0.3) is 0 Å². The smallest absolute Gasteiger partial charge is 0.0362 e. The Balaban J connectivity index is 3.42. The maximum absolute atomic E-state index is 11.2. The standard InChI is InChI=1S/C7H17NOS/c1-4-7(2)10(9)6-5-8-3/h7-8H,4-6H2,1-3H3. The van der Waals surface area contributed by atoms with E-state index >= 15 is 0 Å². The second-order valence-corrected chi connectivity index (χ2v) is 4.38. The van der Waals surface area contributed by atoms with Crippen molar-refractivity contribution in [2.75, 3.05) is 19.3 Å². The van der Waals surface area contributed by atoms with E-state index in [1.54, 1.807) is 0 Å². The third kappa shape index (κ3) is 4.01. The molecular weight excluding hydrogens is 146 g/mol. The first kappa shape index (κ1) is 10.1. The highest BCUT2D eigenvalue weighted by molar-refractivity contribution is 7.85. The van der Waals surface area contributed by atoms with Crippen LogP contribution >= 0.6 is 0 Å². The molecule has 0 aliphatic heterocycles. The van der Waals surface area contributed by atoms with Gasteiger partial charge in [-0.25, -0.2) is 0 Å². The first-order valence-electron chi connectivity index (χ1n) is 3.74. The summed E-state index contributed by atoms with van der Waals surface area (Å²) in [5.41, 5.74) is 0. The van der Waals surface area contributed by atoms with Crippen molar-refractivity contribution in [2.24, 2.45) is 0 Å². The van der Waals surface area contributed by atoms with Gasteiger partial charge in [-0.2, -0.15) is 0 Å². The van der Waals surface area contributed by atoms with Gasteiger partial charge in [0.1, 0.15) is 0 Å². The SMILES string of the molecule is CCC(C)S(=O)CCNC. The Morgan fingerprint density at radius 3 is 2.60 bits per heavy atom. The molecule has 0 aromatic rings. The van der Waals surface area contributed by atoms with E-state index in [-0.39, 0.29) is 0 Å². The predicted molar refractivity (Wildman–Crippen MR) is 46.7 cm³/mol. The fourth-order valence-electron chi connectivity index (χ4n) is 0.590. The van der Waals surface area contributed by atoms with Gasteiger partial charge in [-0.3, -0.25) is 4.21 Å². The van der Waals surface area contributed by atoms with Gasteiger partial charge in [0.2, 0.25) is 0 Å². The Kier molecular flexibility index (Phi) is 5.93. The molecule has 2 nitrogen and oxygen atoms in total. The van der Waals surface area contributed by atoms with E-state index in [4.69, 9.17) is 0 Å². The quantitative estimate of drug-likeness (QED) is 0.648. The van der Waals surface area contributed by atoms with Gasteiger partial charge in [0.15, 0.2) is 0 Å². The van der Waals surface area contributed by atoms with Gasteiger partial charge in [0.05, 0.1) is 0 Å². The van der Waals surface area contributed by atoms with E-state index in [1.165, 1.54) is 0 Å². The highest BCUT2D eigenvalue weighted by Gasteiger charge is 2.06. The number of hydrogen-bond donors (Lipinski definition) is 1. The summed E-state index contributed by atoms with van der Waals surface area (Å²) in [5, 5.41) is 3.34. The van der Waals surface area contributed by atoms with Gasteiger partial charge in [0, 0.05) is 28.3 Å². The molecule has 0 fully saturated rings. The average molecular weight is 163 g/mol. The summed E-state index contributed by atoms with van der Waals surface area (Å²) >= 11 is 0. The minimum Gasteiger partial charge on any atom is -0.319 e. The Morgan fingerprint density at radius 2 is 2.20 bits per heavy atom. The number of hydrogen-bond acceptors (Lipinski definition) is 2.